The van der Waals surface area contributed by atoms with Crippen LogP contribution in [0.5, 0.6) is 5.75 Å². The van der Waals surface area contributed by atoms with Crippen molar-refractivity contribution in [3.63, 3.8) is 0 Å². The first-order valence-electron chi connectivity index (χ1n) is 14.5. The number of hydrogen-bond acceptors (Lipinski definition) is 6. The molecule has 5 aromatic rings. The van der Waals surface area contributed by atoms with E-state index in [1.54, 1.807) is 18.3 Å². The van der Waals surface area contributed by atoms with Crippen molar-refractivity contribution in [2.24, 2.45) is 0 Å². The minimum Gasteiger partial charge on any atom is -0.496 e. The van der Waals surface area contributed by atoms with Gasteiger partial charge in [0.1, 0.15) is 11.4 Å². The highest BCUT2D eigenvalue weighted by Crippen LogP contribution is 2.42. The fourth-order valence-corrected chi connectivity index (χ4v) is 6.51. The molecule has 45 heavy (non-hydrogen) atoms. The van der Waals surface area contributed by atoms with Gasteiger partial charge in [0.05, 0.1) is 35.9 Å². The lowest BCUT2D eigenvalue weighted by Crippen LogP contribution is -2.33. The highest BCUT2D eigenvalue weighted by atomic mass is 32.1. The maximum Gasteiger partial charge on any atom is 0.296 e. The monoisotopic (exact) mass is 620 g/mol. The first-order chi connectivity index (χ1) is 21.8. The summed E-state index contributed by atoms with van der Waals surface area (Å²) in [5.74, 6) is 0.273. The highest BCUT2D eigenvalue weighted by molar-refractivity contribution is 7.80. The average Bonchev–Trinajstić information content (AvgIpc) is 3.53. The van der Waals surface area contributed by atoms with E-state index in [9.17, 15) is 14.9 Å². The summed E-state index contributed by atoms with van der Waals surface area (Å²) < 4.78 is 7.14. The second-order valence-electron chi connectivity index (χ2n) is 10.9. The summed E-state index contributed by atoms with van der Waals surface area (Å²) in [6.07, 6.45) is 1.93. The molecule has 11 heteroatoms. The van der Waals surface area contributed by atoms with Crippen molar-refractivity contribution in [1.82, 2.24) is 19.8 Å². The number of aromatic nitrogens is 2. The van der Waals surface area contributed by atoms with E-state index in [-0.39, 0.29) is 30.1 Å². The number of carbonyl (C=O) groups is 1. The Morgan fingerprint density at radius 1 is 1.07 bits per heavy atom. The zero-order valence-corrected chi connectivity index (χ0v) is 25.9. The molecule has 3 aromatic carbocycles. The topological polar surface area (TPSA) is 115 Å². The maximum atomic E-state index is 13.3. The molecule has 0 unspecified atom stereocenters. The molecule has 0 aliphatic carbocycles. The molecule has 2 atom stereocenters. The van der Waals surface area contributed by atoms with Gasteiger partial charge in [0.25, 0.3) is 5.69 Å². The largest absolute Gasteiger partial charge is 0.496 e. The maximum absolute atomic E-state index is 13.3. The summed E-state index contributed by atoms with van der Waals surface area (Å²) in [5.41, 5.74) is 4.50. The van der Waals surface area contributed by atoms with Crippen LogP contribution in [0.1, 0.15) is 41.1 Å². The number of aryl methyl sites for hydroxylation is 1. The molecule has 1 aliphatic heterocycles. The van der Waals surface area contributed by atoms with E-state index in [1.807, 2.05) is 90.0 Å². The van der Waals surface area contributed by atoms with Gasteiger partial charge in [0.15, 0.2) is 5.11 Å². The predicted molar refractivity (Wildman–Crippen MR) is 178 cm³/mol. The standard InChI is InChI=1S/C34H32N6O4S/c1-21-19-26(22(2)39(21)29-15-14-24(44-3)20-30(29)40(42)43)33-32(28-12-6-7-17-35-28)37-34(45)38(33)18-16-31(41)36-27-13-8-10-23-9-4-5-11-25(23)27/h4-15,17,19-20,32-33H,16,18H2,1-3H3,(H,36,41)(H,37,45)/t32-,33+/m0/s1. The Kier molecular flexibility index (Phi) is 8.18. The number of carbonyl (C=O) groups excluding carboxylic acids is 1. The lowest BCUT2D eigenvalue weighted by molar-refractivity contribution is -0.384. The molecule has 228 valence electrons. The van der Waals surface area contributed by atoms with Gasteiger partial charge in [-0.3, -0.25) is 19.9 Å². The number of nitrogens with zero attached hydrogens (tertiary/aromatic N) is 4. The molecule has 0 saturated carbocycles. The number of anilines is 1. The van der Waals surface area contributed by atoms with Gasteiger partial charge in [0, 0.05) is 41.6 Å². The fraction of sp³-hybridized carbons (Fsp3) is 0.206. The molecule has 2 N–H and O–H groups in total. The van der Waals surface area contributed by atoms with Gasteiger partial charge in [-0.1, -0.05) is 42.5 Å². The van der Waals surface area contributed by atoms with Crippen LogP contribution in [0.15, 0.2) is 91.1 Å². The quantitative estimate of drug-likeness (QED) is 0.108. The van der Waals surface area contributed by atoms with Gasteiger partial charge in [-0.05, 0) is 73.4 Å². The third kappa shape index (κ3) is 5.69. The van der Waals surface area contributed by atoms with Crippen LogP contribution in [0.3, 0.4) is 0 Å². The van der Waals surface area contributed by atoms with Gasteiger partial charge in [-0.15, -0.1) is 0 Å². The average molecular weight is 621 g/mol. The van der Waals surface area contributed by atoms with E-state index >= 15 is 0 Å². The fourth-order valence-electron chi connectivity index (χ4n) is 6.18. The summed E-state index contributed by atoms with van der Waals surface area (Å²) in [7, 11) is 1.48. The minimum atomic E-state index is -0.403. The Hall–Kier alpha value is -5.29. The molecule has 10 nitrogen and oxygen atoms in total. The molecule has 3 heterocycles. The Bertz CT molecular complexity index is 1920. The molecule has 1 aliphatic rings. The number of fused-ring (bicyclic) bond motifs is 1. The van der Waals surface area contributed by atoms with E-state index in [0.717, 1.165) is 39.1 Å². The van der Waals surface area contributed by atoms with Crippen LogP contribution in [0.2, 0.25) is 0 Å². The van der Waals surface area contributed by atoms with Crippen molar-refractivity contribution < 1.29 is 14.5 Å². The lowest BCUT2D eigenvalue weighted by atomic mass is 9.96. The van der Waals surface area contributed by atoms with Crippen LogP contribution >= 0.6 is 12.2 Å². The summed E-state index contributed by atoms with van der Waals surface area (Å²) in [6.45, 7) is 4.21. The number of nitro benzene ring substituents is 1. The van der Waals surface area contributed by atoms with Gasteiger partial charge in [-0.25, -0.2) is 0 Å². The third-order valence-electron chi connectivity index (χ3n) is 8.25. The van der Waals surface area contributed by atoms with Crippen LogP contribution in [0, 0.1) is 24.0 Å². The van der Waals surface area contributed by atoms with Crippen LogP contribution in [-0.2, 0) is 4.79 Å². The first-order valence-corrected chi connectivity index (χ1v) is 14.9. The van der Waals surface area contributed by atoms with E-state index in [1.165, 1.54) is 13.2 Å². The van der Waals surface area contributed by atoms with E-state index < -0.39 is 4.92 Å². The second-order valence-corrected chi connectivity index (χ2v) is 11.3. The summed E-state index contributed by atoms with van der Waals surface area (Å²) in [5, 5.41) is 21.1. The highest BCUT2D eigenvalue weighted by Gasteiger charge is 2.41. The van der Waals surface area contributed by atoms with Crippen molar-refractivity contribution in [2.75, 3.05) is 19.0 Å². The van der Waals surface area contributed by atoms with Gasteiger partial charge in [0.2, 0.25) is 5.91 Å². The SMILES string of the molecule is COc1ccc(-n2c(C)cc([C@@H]3[C@H](c4ccccn4)NC(=S)N3CCC(=O)Nc3cccc4ccccc34)c2C)c([N+](=O)[O-])c1. The van der Waals surface area contributed by atoms with Crippen molar-refractivity contribution in [2.45, 2.75) is 32.4 Å². The number of pyridine rings is 1. The molecular weight excluding hydrogens is 588 g/mol. The Balaban J connectivity index is 1.34. The lowest BCUT2D eigenvalue weighted by Gasteiger charge is -2.28. The molecule has 1 saturated heterocycles. The number of nitro groups is 1. The predicted octanol–water partition coefficient (Wildman–Crippen LogP) is 6.56. The van der Waals surface area contributed by atoms with Gasteiger partial charge < -0.3 is 24.8 Å². The van der Waals surface area contributed by atoms with Gasteiger partial charge in [-0.2, -0.15) is 0 Å². The molecule has 2 aromatic heterocycles. The number of benzene rings is 3. The number of rotatable bonds is 9. The molecule has 0 bridgehead atoms. The first kappa shape index (κ1) is 29.8. The summed E-state index contributed by atoms with van der Waals surface area (Å²) in [4.78, 5) is 31.6. The van der Waals surface area contributed by atoms with Crippen LogP contribution in [0.4, 0.5) is 11.4 Å². The molecule has 0 radical (unpaired) electrons. The number of methoxy groups -OCH3 is 1. The van der Waals surface area contributed by atoms with Crippen molar-refractivity contribution >= 4 is 45.4 Å². The number of hydrogen-bond donors (Lipinski definition) is 2. The molecule has 1 fully saturated rings. The van der Waals surface area contributed by atoms with Crippen molar-refractivity contribution in [1.29, 1.82) is 0 Å². The van der Waals surface area contributed by atoms with Crippen molar-refractivity contribution in [3.05, 3.63) is 124 Å². The van der Waals surface area contributed by atoms with Crippen LogP contribution in [-0.4, -0.2) is 44.0 Å². The minimum absolute atomic E-state index is 0.0639. The van der Waals surface area contributed by atoms with Crippen molar-refractivity contribution in [3.8, 4) is 11.4 Å². The second kappa shape index (κ2) is 12.4. The van der Waals surface area contributed by atoms with Crippen LogP contribution in [0.25, 0.3) is 16.5 Å². The van der Waals surface area contributed by atoms with E-state index in [0.29, 0.717) is 23.1 Å². The Morgan fingerprint density at radius 2 is 1.84 bits per heavy atom. The molecular formula is C34H32N6O4S. The molecule has 6 rings (SSSR count). The van der Waals surface area contributed by atoms with Gasteiger partial charge >= 0.3 is 0 Å². The zero-order valence-electron chi connectivity index (χ0n) is 25.1. The third-order valence-corrected chi connectivity index (χ3v) is 8.60. The number of nitrogens with one attached hydrogen (secondary N) is 2. The number of ether oxygens (including phenoxy) is 1. The zero-order chi connectivity index (χ0) is 31.7. The van der Waals surface area contributed by atoms with E-state index in [2.05, 4.69) is 15.6 Å². The summed E-state index contributed by atoms with van der Waals surface area (Å²) >= 11 is 5.84. The molecule has 1 amide bonds. The van der Waals surface area contributed by atoms with E-state index in [4.69, 9.17) is 17.0 Å². The smallest absolute Gasteiger partial charge is 0.296 e. The number of amides is 1. The van der Waals surface area contributed by atoms with Crippen LogP contribution < -0.4 is 15.4 Å². The Morgan fingerprint density at radius 3 is 2.60 bits per heavy atom. The summed E-state index contributed by atoms with van der Waals surface area (Å²) in [6, 6.07) is 25.7. The molecule has 0 spiro atoms. The number of thiocarbonyl (C=S) groups is 1. The Labute approximate surface area is 265 Å². The normalized spacial score (nSPS) is 16.1.